The van der Waals surface area contributed by atoms with Crippen molar-refractivity contribution in [2.24, 2.45) is 11.8 Å². The molecule has 3 heterocycles. The maximum atomic E-state index is 13.6. The van der Waals surface area contributed by atoms with E-state index in [2.05, 4.69) is 21.9 Å². The Morgan fingerprint density at radius 1 is 1.22 bits per heavy atom. The second kappa shape index (κ2) is 8.73. The van der Waals surface area contributed by atoms with Gasteiger partial charge in [-0.1, -0.05) is 6.07 Å². The van der Waals surface area contributed by atoms with Crippen LogP contribution in [0.15, 0.2) is 24.7 Å². The van der Waals surface area contributed by atoms with Gasteiger partial charge < -0.3 is 15.5 Å². The third-order valence-electron chi connectivity index (χ3n) is 7.01. The molecule has 1 aliphatic heterocycles. The summed E-state index contributed by atoms with van der Waals surface area (Å²) in [6.07, 6.45) is 6.50. The van der Waals surface area contributed by atoms with Crippen molar-refractivity contribution in [2.75, 3.05) is 27.2 Å². The Labute approximate surface area is 185 Å². The average molecular weight is 450 g/mol. The van der Waals surface area contributed by atoms with E-state index in [1.807, 2.05) is 12.3 Å². The number of likely N-dealkylation sites (tertiary alicyclic amines) is 1. The standard InChI is InChI=1S/C22H30F2N6O2/c1-28(2)20(31)18(19(25)21(32)29-10-9-22(23,24)12-29)15-5-3-14(4-6-15)16-7-8-17-26-13-27-30(17)11-16/h7-8,11,13-15,18-19H,3-6,9-10,12,25H2,1-2H3/p+1/t14?,15?,18-,19-/m0/s1. The van der Waals surface area contributed by atoms with Gasteiger partial charge in [0, 0.05) is 33.3 Å². The zero-order chi connectivity index (χ0) is 23.0. The first-order valence-electron chi connectivity index (χ1n) is 11.2. The highest BCUT2D eigenvalue weighted by atomic mass is 19.3. The van der Waals surface area contributed by atoms with Gasteiger partial charge in [0.2, 0.25) is 5.91 Å². The van der Waals surface area contributed by atoms with E-state index in [1.54, 1.807) is 18.6 Å². The minimum Gasteiger partial charge on any atom is -0.348 e. The zero-order valence-corrected chi connectivity index (χ0v) is 18.6. The van der Waals surface area contributed by atoms with E-state index in [0.29, 0.717) is 5.92 Å². The molecule has 8 nitrogen and oxygen atoms in total. The molecule has 1 saturated carbocycles. The number of fused-ring (bicyclic) bond motifs is 1. The number of alkyl halides is 2. The molecule has 2 atom stereocenters. The number of nitrogens with zero attached hydrogens (tertiary/aromatic N) is 5. The Kier molecular flexibility index (Phi) is 6.15. The summed E-state index contributed by atoms with van der Waals surface area (Å²) in [6, 6.07) is 3.15. The van der Waals surface area contributed by atoms with Crippen LogP contribution in [0.5, 0.6) is 0 Å². The number of quaternary nitrogens is 1. The number of carbonyl (C=O) groups excluding carboxylic acids is 2. The first-order valence-corrected chi connectivity index (χ1v) is 11.2. The summed E-state index contributed by atoms with van der Waals surface area (Å²) < 4.78 is 29.0. The molecule has 1 aliphatic carbocycles. The molecule has 174 valence electrons. The van der Waals surface area contributed by atoms with Gasteiger partial charge in [0.15, 0.2) is 11.7 Å². The lowest BCUT2D eigenvalue weighted by atomic mass is 9.71. The second-order valence-electron chi connectivity index (χ2n) is 9.37. The lowest BCUT2D eigenvalue weighted by Crippen LogP contribution is -2.73. The summed E-state index contributed by atoms with van der Waals surface area (Å²) in [5, 5.41) is 4.20. The molecule has 32 heavy (non-hydrogen) atoms. The van der Waals surface area contributed by atoms with E-state index >= 15 is 0 Å². The zero-order valence-electron chi connectivity index (χ0n) is 18.6. The summed E-state index contributed by atoms with van der Waals surface area (Å²) in [4.78, 5) is 32.9. The first-order chi connectivity index (χ1) is 15.2. The van der Waals surface area contributed by atoms with Crippen molar-refractivity contribution >= 4 is 17.5 Å². The molecule has 2 aliphatic rings. The SMILES string of the molecule is CN(C)C(=O)[C@@H](C1CCC(c2ccc3ncnn3c2)CC1)[C@H]([NH3+])C(=O)N1CCC(F)(F)C1. The number of rotatable bonds is 5. The van der Waals surface area contributed by atoms with Crippen molar-refractivity contribution in [2.45, 2.75) is 50.0 Å². The van der Waals surface area contributed by atoms with Gasteiger partial charge in [0.25, 0.3) is 11.8 Å². The fourth-order valence-electron chi connectivity index (χ4n) is 5.20. The van der Waals surface area contributed by atoms with Gasteiger partial charge in [-0.15, -0.1) is 0 Å². The predicted molar refractivity (Wildman–Crippen MR) is 113 cm³/mol. The average Bonchev–Trinajstić information content (AvgIpc) is 3.38. The lowest BCUT2D eigenvalue weighted by Gasteiger charge is -2.36. The van der Waals surface area contributed by atoms with Crippen LogP contribution in [0, 0.1) is 11.8 Å². The van der Waals surface area contributed by atoms with Gasteiger partial charge in [-0.05, 0) is 49.1 Å². The molecule has 1 saturated heterocycles. The van der Waals surface area contributed by atoms with Crippen molar-refractivity contribution in [3.63, 3.8) is 0 Å². The molecule has 2 fully saturated rings. The number of aromatic nitrogens is 3. The summed E-state index contributed by atoms with van der Waals surface area (Å²) in [5.74, 6) is -3.74. The molecular weight excluding hydrogens is 418 g/mol. The smallest absolute Gasteiger partial charge is 0.281 e. The Bertz CT molecular complexity index is 986. The quantitative estimate of drug-likeness (QED) is 0.741. The number of hydrogen-bond acceptors (Lipinski definition) is 4. The van der Waals surface area contributed by atoms with Crippen molar-refractivity contribution in [1.29, 1.82) is 0 Å². The molecule has 2 amide bonds. The van der Waals surface area contributed by atoms with Crippen LogP contribution in [0.3, 0.4) is 0 Å². The molecule has 10 heteroatoms. The third-order valence-corrected chi connectivity index (χ3v) is 7.01. The Morgan fingerprint density at radius 2 is 1.94 bits per heavy atom. The molecule has 0 unspecified atom stereocenters. The first kappa shape index (κ1) is 22.6. The van der Waals surface area contributed by atoms with Crippen LogP contribution in [0.2, 0.25) is 0 Å². The van der Waals surface area contributed by atoms with E-state index in [9.17, 15) is 18.4 Å². The van der Waals surface area contributed by atoms with Crippen molar-refractivity contribution in [3.05, 3.63) is 30.2 Å². The highest BCUT2D eigenvalue weighted by molar-refractivity contribution is 5.89. The maximum absolute atomic E-state index is 13.6. The van der Waals surface area contributed by atoms with E-state index in [1.165, 1.54) is 21.7 Å². The Balaban J connectivity index is 1.46. The minimum absolute atomic E-state index is 0.00851. The van der Waals surface area contributed by atoms with Gasteiger partial charge in [-0.25, -0.2) is 18.3 Å². The maximum Gasteiger partial charge on any atom is 0.281 e. The third kappa shape index (κ3) is 4.46. The van der Waals surface area contributed by atoms with Gasteiger partial charge in [-0.2, -0.15) is 5.10 Å². The molecule has 2 aromatic heterocycles. The fraction of sp³-hybridized carbons (Fsp3) is 0.636. The van der Waals surface area contributed by atoms with E-state index in [0.717, 1.165) is 31.3 Å². The van der Waals surface area contributed by atoms with Crippen LogP contribution in [0.1, 0.15) is 43.6 Å². The lowest BCUT2D eigenvalue weighted by molar-refractivity contribution is -0.418. The summed E-state index contributed by atoms with van der Waals surface area (Å²) in [7, 11) is 3.32. The molecule has 3 N–H and O–H groups in total. The number of amides is 2. The van der Waals surface area contributed by atoms with E-state index in [4.69, 9.17) is 0 Å². The van der Waals surface area contributed by atoms with E-state index in [-0.39, 0.29) is 24.8 Å². The van der Waals surface area contributed by atoms with Crippen LogP contribution in [0.25, 0.3) is 5.65 Å². The van der Waals surface area contributed by atoms with Crippen molar-refractivity contribution in [1.82, 2.24) is 24.4 Å². The van der Waals surface area contributed by atoms with Gasteiger partial charge in [0.05, 0.1) is 6.54 Å². The van der Waals surface area contributed by atoms with Gasteiger partial charge >= 0.3 is 0 Å². The minimum atomic E-state index is -2.86. The molecule has 0 bridgehead atoms. The van der Waals surface area contributed by atoms with E-state index < -0.39 is 30.3 Å². The molecule has 4 rings (SSSR count). The monoisotopic (exact) mass is 449 g/mol. The number of hydrogen-bond donors (Lipinski definition) is 1. The molecule has 2 aromatic rings. The van der Waals surface area contributed by atoms with Crippen LogP contribution < -0.4 is 5.73 Å². The number of pyridine rings is 1. The van der Waals surface area contributed by atoms with Crippen molar-refractivity contribution in [3.8, 4) is 0 Å². The Morgan fingerprint density at radius 3 is 2.56 bits per heavy atom. The number of halogens is 2. The van der Waals surface area contributed by atoms with Crippen LogP contribution in [-0.4, -0.2) is 75.4 Å². The van der Waals surface area contributed by atoms with Crippen LogP contribution >= 0.6 is 0 Å². The normalized spacial score (nSPS) is 25.0. The number of carbonyl (C=O) groups is 2. The second-order valence-corrected chi connectivity index (χ2v) is 9.37. The largest absolute Gasteiger partial charge is 0.348 e. The summed E-state index contributed by atoms with van der Waals surface area (Å²) in [6.45, 7) is -0.573. The highest BCUT2D eigenvalue weighted by Crippen LogP contribution is 2.40. The van der Waals surface area contributed by atoms with Crippen LogP contribution in [0.4, 0.5) is 8.78 Å². The van der Waals surface area contributed by atoms with Gasteiger partial charge in [0.1, 0.15) is 12.2 Å². The Hall–Kier alpha value is -2.62. The highest BCUT2D eigenvalue weighted by Gasteiger charge is 2.47. The predicted octanol–water partition coefficient (Wildman–Crippen LogP) is 1.19. The molecule has 0 aromatic carbocycles. The summed E-state index contributed by atoms with van der Waals surface area (Å²) in [5.41, 5.74) is 5.99. The van der Waals surface area contributed by atoms with Crippen molar-refractivity contribution < 1.29 is 24.1 Å². The topological polar surface area (TPSA) is 98.5 Å². The molecule has 0 spiro atoms. The molecule has 0 radical (unpaired) electrons. The summed E-state index contributed by atoms with van der Waals surface area (Å²) >= 11 is 0. The molecular formula is C22H31F2N6O2+. The van der Waals surface area contributed by atoms with Crippen LogP contribution in [-0.2, 0) is 9.59 Å². The van der Waals surface area contributed by atoms with Gasteiger partial charge in [-0.3, -0.25) is 9.59 Å². The fourth-order valence-corrected chi connectivity index (χ4v) is 5.20.